The van der Waals surface area contributed by atoms with Crippen molar-refractivity contribution in [3.8, 4) is 0 Å². The van der Waals surface area contributed by atoms with E-state index < -0.39 is 0 Å². The van der Waals surface area contributed by atoms with E-state index in [1.807, 2.05) is 25.7 Å². The maximum atomic E-state index is 12.8. The van der Waals surface area contributed by atoms with Crippen LogP contribution in [0.4, 0.5) is 0 Å². The number of carbonyl (C=O) groups excluding carboxylic acids is 3. The van der Waals surface area contributed by atoms with Crippen molar-refractivity contribution in [2.45, 2.75) is 65.3 Å². The van der Waals surface area contributed by atoms with Crippen LogP contribution in [-0.4, -0.2) is 54.8 Å². The van der Waals surface area contributed by atoms with Crippen LogP contribution < -0.4 is 16.4 Å². The first-order valence-corrected chi connectivity index (χ1v) is 12.1. The quantitative estimate of drug-likeness (QED) is 0.410. The minimum atomic E-state index is -0.247. The third-order valence-corrected chi connectivity index (χ3v) is 5.85. The first-order valence-electron chi connectivity index (χ1n) is 12.1. The van der Waals surface area contributed by atoms with Crippen LogP contribution in [0.5, 0.6) is 0 Å². The molecule has 4 N–H and O–H groups in total. The van der Waals surface area contributed by atoms with Crippen LogP contribution >= 0.6 is 0 Å². The second-order valence-corrected chi connectivity index (χ2v) is 9.01. The zero-order valence-corrected chi connectivity index (χ0v) is 19.9. The van der Waals surface area contributed by atoms with Gasteiger partial charge in [0.15, 0.2) is 0 Å². The molecule has 7 heteroatoms. The molecule has 0 heterocycles. The number of benzene rings is 1. The summed E-state index contributed by atoms with van der Waals surface area (Å²) in [7, 11) is 0. The topological polar surface area (TPSA) is 105 Å². The van der Waals surface area contributed by atoms with Crippen molar-refractivity contribution in [2.75, 3.05) is 26.2 Å². The fourth-order valence-corrected chi connectivity index (χ4v) is 3.59. The Balaban J connectivity index is 1.79. The highest BCUT2D eigenvalue weighted by Gasteiger charge is 2.23. The van der Waals surface area contributed by atoms with Crippen molar-refractivity contribution < 1.29 is 14.4 Å². The van der Waals surface area contributed by atoms with E-state index in [9.17, 15) is 14.4 Å². The molecule has 1 aliphatic carbocycles. The monoisotopic (exact) mass is 444 g/mol. The standard InChI is InChI=1S/C25H40N4O3/c1-4-13-29(14-5-2)25(32)21-8-6-7-20(15-21)24(31)28-17-22(26)12-9-18(3)23(30)27-16-19-10-11-19/h6-8,15,18-19,22H,4-5,9-14,16-17,26H2,1-3H3,(H,27,30)(H,28,31). The molecule has 0 saturated heterocycles. The molecule has 0 aliphatic heterocycles. The van der Waals surface area contributed by atoms with Crippen molar-refractivity contribution in [3.05, 3.63) is 35.4 Å². The molecule has 3 amide bonds. The summed E-state index contributed by atoms with van der Waals surface area (Å²) in [4.78, 5) is 39.3. The van der Waals surface area contributed by atoms with E-state index >= 15 is 0 Å². The number of nitrogens with two attached hydrogens (primary N) is 1. The van der Waals surface area contributed by atoms with Crippen molar-refractivity contribution in [3.63, 3.8) is 0 Å². The molecule has 1 aromatic rings. The van der Waals surface area contributed by atoms with Crippen molar-refractivity contribution in [1.82, 2.24) is 15.5 Å². The summed E-state index contributed by atoms with van der Waals surface area (Å²) in [6, 6.07) is 6.60. The number of hydrogen-bond donors (Lipinski definition) is 3. The molecule has 0 spiro atoms. The second kappa shape index (κ2) is 13.2. The Morgan fingerprint density at radius 3 is 2.34 bits per heavy atom. The molecule has 0 bridgehead atoms. The lowest BCUT2D eigenvalue weighted by Crippen LogP contribution is -2.38. The van der Waals surface area contributed by atoms with Crippen LogP contribution in [0.3, 0.4) is 0 Å². The van der Waals surface area contributed by atoms with Gasteiger partial charge in [-0.2, -0.15) is 0 Å². The molecule has 2 atom stereocenters. The van der Waals surface area contributed by atoms with Crippen LogP contribution in [0, 0.1) is 11.8 Å². The Hall–Kier alpha value is -2.41. The summed E-state index contributed by atoms with van der Waals surface area (Å²) in [5.41, 5.74) is 7.13. The predicted octanol–water partition coefficient (Wildman–Crippen LogP) is 2.95. The first-order chi connectivity index (χ1) is 15.3. The summed E-state index contributed by atoms with van der Waals surface area (Å²) in [6.45, 7) is 8.52. The molecule has 7 nitrogen and oxygen atoms in total. The number of nitrogens with zero attached hydrogens (tertiary/aromatic N) is 1. The average Bonchev–Trinajstić information content (AvgIpc) is 3.63. The predicted molar refractivity (Wildman–Crippen MR) is 127 cm³/mol. The van der Waals surface area contributed by atoms with E-state index in [0.29, 0.717) is 49.5 Å². The molecule has 1 fully saturated rings. The van der Waals surface area contributed by atoms with Gasteiger partial charge in [0.1, 0.15) is 0 Å². The van der Waals surface area contributed by atoms with Gasteiger partial charge in [-0.1, -0.05) is 26.8 Å². The van der Waals surface area contributed by atoms with E-state index in [0.717, 1.165) is 19.4 Å². The van der Waals surface area contributed by atoms with Crippen molar-refractivity contribution in [2.24, 2.45) is 17.6 Å². The number of amides is 3. The van der Waals surface area contributed by atoms with E-state index in [4.69, 9.17) is 5.73 Å². The summed E-state index contributed by atoms with van der Waals surface area (Å²) >= 11 is 0. The Bertz CT molecular complexity index is 757. The number of nitrogens with one attached hydrogen (secondary N) is 2. The van der Waals surface area contributed by atoms with Crippen molar-refractivity contribution >= 4 is 17.7 Å². The van der Waals surface area contributed by atoms with E-state index in [2.05, 4.69) is 10.6 Å². The zero-order chi connectivity index (χ0) is 23.5. The van der Waals surface area contributed by atoms with Crippen LogP contribution in [0.15, 0.2) is 24.3 Å². The highest BCUT2D eigenvalue weighted by Crippen LogP contribution is 2.27. The molecule has 1 saturated carbocycles. The molecule has 1 aromatic carbocycles. The van der Waals surface area contributed by atoms with Gasteiger partial charge in [0.25, 0.3) is 11.8 Å². The molecule has 178 valence electrons. The Morgan fingerprint density at radius 1 is 1.06 bits per heavy atom. The maximum Gasteiger partial charge on any atom is 0.253 e. The maximum absolute atomic E-state index is 12.8. The van der Waals surface area contributed by atoms with Gasteiger partial charge in [-0.15, -0.1) is 0 Å². The fraction of sp³-hybridized carbons (Fsp3) is 0.640. The summed E-state index contributed by atoms with van der Waals surface area (Å²) < 4.78 is 0. The van der Waals surface area contributed by atoms with Crippen LogP contribution in [-0.2, 0) is 4.79 Å². The SMILES string of the molecule is CCCN(CCC)C(=O)c1cccc(C(=O)NCC(N)CCC(C)C(=O)NCC2CC2)c1. The normalized spacial score (nSPS) is 15.0. The molecule has 1 aliphatic rings. The summed E-state index contributed by atoms with van der Waals surface area (Å²) in [5, 5.41) is 5.85. The highest BCUT2D eigenvalue weighted by molar-refractivity contribution is 5.99. The number of rotatable bonds is 14. The van der Waals surface area contributed by atoms with Gasteiger partial charge in [-0.25, -0.2) is 0 Å². The summed E-state index contributed by atoms with van der Waals surface area (Å²) in [6.07, 6.45) is 5.55. The van der Waals surface area contributed by atoms with Gasteiger partial charge >= 0.3 is 0 Å². The van der Waals surface area contributed by atoms with E-state index in [-0.39, 0.29) is 29.7 Å². The third kappa shape index (κ3) is 8.61. The van der Waals surface area contributed by atoms with Gasteiger partial charge in [0.2, 0.25) is 5.91 Å². The Labute approximate surface area is 192 Å². The Kier molecular flexibility index (Phi) is 10.7. The lowest BCUT2D eigenvalue weighted by molar-refractivity contribution is -0.124. The van der Waals surface area contributed by atoms with Gasteiger partial charge in [-0.05, 0) is 62.6 Å². The Morgan fingerprint density at radius 2 is 1.72 bits per heavy atom. The van der Waals surface area contributed by atoms with Crippen molar-refractivity contribution in [1.29, 1.82) is 0 Å². The molecule has 0 aromatic heterocycles. The zero-order valence-electron chi connectivity index (χ0n) is 19.9. The molecule has 32 heavy (non-hydrogen) atoms. The van der Waals surface area contributed by atoms with Gasteiger partial charge in [0.05, 0.1) is 0 Å². The van der Waals surface area contributed by atoms with Gasteiger partial charge in [0, 0.05) is 49.3 Å². The highest BCUT2D eigenvalue weighted by atomic mass is 16.2. The first kappa shape index (κ1) is 25.8. The lowest BCUT2D eigenvalue weighted by Gasteiger charge is -2.21. The van der Waals surface area contributed by atoms with Crippen LogP contribution in [0.1, 0.15) is 80.0 Å². The average molecular weight is 445 g/mol. The third-order valence-electron chi connectivity index (χ3n) is 5.85. The largest absolute Gasteiger partial charge is 0.356 e. The second-order valence-electron chi connectivity index (χ2n) is 9.01. The van der Waals surface area contributed by atoms with Gasteiger partial charge < -0.3 is 21.3 Å². The van der Waals surface area contributed by atoms with E-state index in [1.165, 1.54) is 12.8 Å². The lowest BCUT2D eigenvalue weighted by atomic mass is 10.0. The number of hydrogen-bond acceptors (Lipinski definition) is 4. The van der Waals surface area contributed by atoms with Gasteiger partial charge in [-0.3, -0.25) is 14.4 Å². The molecule has 2 rings (SSSR count). The van der Waals surface area contributed by atoms with Crippen LogP contribution in [0.2, 0.25) is 0 Å². The molecular formula is C25H40N4O3. The van der Waals surface area contributed by atoms with E-state index in [1.54, 1.807) is 24.3 Å². The molecular weight excluding hydrogens is 404 g/mol. The number of carbonyl (C=O) groups is 3. The fourth-order valence-electron chi connectivity index (χ4n) is 3.59. The minimum absolute atomic E-state index is 0.0472. The molecule has 2 unspecified atom stereocenters. The molecule has 0 radical (unpaired) electrons. The smallest absolute Gasteiger partial charge is 0.253 e. The summed E-state index contributed by atoms with van der Waals surface area (Å²) in [5.74, 6) is 0.359. The van der Waals surface area contributed by atoms with Crippen LogP contribution in [0.25, 0.3) is 0 Å². The minimum Gasteiger partial charge on any atom is -0.356 e.